The van der Waals surface area contributed by atoms with Crippen molar-refractivity contribution in [1.82, 2.24) is 5.32 Å². The lowest BCUT2D eigenvalue weighted by atomic mass is 10.2. The van der Waals surface area contributed by atoms with Crippen LogP contribution in [0.15, 0.2) is 250 Å². The second kappa shape index (κ2) is 56.6. The number of fused-ring (bicyclic) bond motifs is 6. The van der Waals surface area contributed by atoms with Gasteiger partial charge in [0, 0.05) is 52.3 Å². The number of benzene rings is 9. The van der Waals surface area contributed by atoms with Crippen molar-refractivity contribution < 1.29 is 67.9 Å². The fourth-order valence-corrected chi connectivity index (χ4v) is 17.0. The van der Waals surface area contributed by atoms with Gasteiger partial charge in [0.15, 0.2) is 0 Å². The number of carboxylic acid groups (broad SMARTS) is 2. The number of ether oxygens (including phenoxy) is 3. The smallest absolute Gasteiger partial charge is 0.348 e. The van der Waals surface area contributed by atoms with Crippen molar-refractivity contribution in [3.8, 4) is 0 Å². The van der Waals surface area contributed by atoms with Crippen LogP contribution in [0, 0.1) is 17.4 Å². The third-order valence-electron chi connectivity index (χ3n) is 15.0. The number of carbonyl (C=O) groups is 8. The van der Waals surface area contributed by atoms with Gasteiger partial charge in [0.25, 0.3) is 5.24 Å². The van der Waals surface area contributed by atoms with Gasteiger partial charge in [-0.1, -0.05) is 232 Å². The van der Waals surface area contributed by atoms with Crippen LogP contribution in [0.1, 0.15) is 150 Å². The highest BCUT2D eigenvalue weighted by Crippen LogP contribution is 2.34. The van der Waals surface area contributed by atoms with E-state index in [-0.39, 0.29) is 62.5 Å². The molecule has 0 unspecified atom stereocenters. The Bertz CT molecular complexity index is 5180. The molecule has 15 nitrogen and oxygen atoms in total. The molecule has 15 aromatic rings. The van der Waals surface area contributed by atoms with Crippen molar-refractivity contribution in [2.45, 2.75) is 98.0 Å². The van der Waals surface area contributed by atoms with Crippen LogP contribution in [-0.4, -0.2) is 81.6 Å². The Kier molecular flexibility index (Phi) is 51.9. The Hall–Kier alpha value is -7.94. The molecule has 0 atom stereocenters. The summed E-state index contributed by atoms with van der Waals surface area (Å²) in [4.78, 5) is 90.5. The van der Waals surface area contributed by atoms with E-state index in [9.17, 15) is 38.4 Å². The van der Waals surface area contributed by atoms with Crippen molar-refractivity contribution >= 4 is 279 Å². The van der Waals surface area contributed by atoms with Crippen molar-refractivity contribution in [2.75, 3.05) is 20.7 Å². The fourth-order valence-electron chi connectivity index (χ4n) is 9.73. The molecule has 6 heterocycles. The lowest BCUT2D eigenvalue weighted by Crippen LogP contribution is -2.06. The number of nitrogens with one attached hydrogen (secondary N) is 1. The van der Waals surface area contributed by atoms with Gasteiger partial charge in [-0.15, -0.1) is 68.0 Å². The molecule has 4 N–H and O–H groups in total. The Morgan fingerprint density at radius 1 is 0.370 bits per heavy atom. The summed E-state index contributed by atoms with van der Waals surface area (Å²) in [6, 6.07) is 75.8. The predicted molar refractivity (Wildman–Crippen MR) is 526 cm³/mol. The maximum Gasteiger partial charge on any atom is 0.348 e. The zero-order chi connectivity index (χ0) is 82.1. The molecule has 9 aromatic carbocycles. The van der Waals surface area contributed by atoms with E-state index in [1.54, 1.807) is 18.2 Å². The summed E-state index contributed by atoms with van der Waals surface area (Å²) in [6.45, 7) is 8.33. The first-order valence-electron chi connectivity index (χ1n) is 33.8. The zero-order valence-corrected chi connectivity index (χ0v) is 74.8. The standard InChI is InChI=1S/C17H14O2S.C16H11BrO2S.C16H11IO2S.C10H8O2S.C9H4BrClOS.C9H5BrO2S.C5H13N.C2Cl2O2.CH4O.6CH4/c1-12-7-8-15-14(9-12)10-16(20-15)17(18)19-11-13-5-3-2-4-6-13;2*17-13-6-7-14-12(8-13)9-15(20-14)16(18)19-10-11-4-2-1-3-5-11;1-6-2-3-8-7(4-6)5-9(13-8)10(11)12;2*10-6-1-2-7-5(3-6)4-8(13-7)9(11)12;1-3-4-5-6-2;3-1(5)2(4)6;1-2;;;;;;/h2-10H,11H2,1H3;2*1-9H,10H2;2-5H,1H3,(H,11,12);1-4H;1-4H,(H,11,12);6H,3-5H2,1-2H3;;2H,1H3;6*1H4. The number of thiophene rings is 6. The monoisotopic (exact) mass is 2090 g/mol. The number of hydrogen-bond donors (Lipinski definition) is 4. The van der Waals surface area contributed by atoms with Gasteiger partial charge in [0.05, 0.1) is 4.88 Å². The Morgan fingerprint density at radius 3 is 0.908 bits per heavy atom. The summed E-state index contributed by atoms with van der Waals surface area (Å²) in [6.07, 6.45) is 2.59. The van der Waals surface area contributed by atoms with Gasteiger partial charge in [0.2, 0.25) is 0 Å². The highest BCUT2D eigenvalue weighted by Gasteiger charge is 2.17. The van der Waals surface area contributed by atoms with Gasteiger partial charge < -0.3 is 34.8 Å². The summed E-state index contributed by atoms with van der Waals surface area (Å²) < 4.78 is 26.6. The van der Waals surface area contributed by atoms with Gasteiger partial charge in [-0.25, -0.2) is 24.0 Å². The van der Waals surface area contributed by atoms with Crippen molar-refractivity contribution in [3.05, 3.63) is 311 Å². The molecule has 0 radical (unpaired) electrons. The highest BCUT2D eigenvalue weighted by atomic mass is 127. The summed E-state index contributed by atoms with van der Waals surface area (Å²) in [5.74, 6) is -2.50. The van der Waals surface area contributed by atoms with Crippen molar-refractivity contribution in [3.63, 3.8) is 0 Å². The van der Waals surface area contributed by atoms with Gasteiger partial charge in [0.1, 0.15) is 44.2 Å². The Labute approximate surface area is 773 Å². The first-order valence-corrected chi connectivity index (χ1v) is 43.3. The quantitative estimate of drug-likeness (QED) is 0.0176. The van der Waals surface area contributed by atoms with Crippen LogP contribution in [0.2, 0.25) is 0 Å². The van der Waals surface area contributed by atoms with Crippen LogP contribution < -0.4 is 5.32 Å². The molecule has 6 aromatic heterocycles. The van der Waals surface area contributed by atoms with E-state index < -0.39 is 27.7 Å². The van der Waals surface area contributed by atoms with Crippen LogP contribution in [0.3, 0.4) is 0 Å². The van der Waals surface area contributed by atoms with Gasteiger partial charge in [-0.3, -0.25) is 14.4 Å². The van der Waals surface area contributed by atoms with Gasteiger partial charge >= 0.3 is 40.3 Å². The number of unbranched alkanes of at least 4 members (excludes halogenated alkanes) is 1. The average Bonchev–Trinajstić information content (AvgIpc) is 1.73. The third-order valence-corrected chi connectivity index (χ3v) is 24.6. The number of halogens is 7. The van der Waals surface area contributed by atoms with Crippen molar-refractivity contribution in [2.24, 2.45) is 0 Å². The molecular weight excluding hydrogens is 2000 g/mol. The maximum absolute atomic E-state index is 12.1. The fraction of sp³-hybridized carbons (Fsp3) is 0.187. The van der Waals surface area contributed by atoms with E-state index in [2.05, 4.69) is 124 Å². The molecule has 0 saturated heterocycles. The van der Waals surface area contributed by atoms with Crippen LogP contribution in [0.4, 0.5) is 0 Å². The largest absolute Gasteiger partial charge is 0.477 e. The molecule has 0 aliphatic carbocycles. The minimum absolute atomic E-state index is 0. The first kappa shape index (κ1) is 109. The molecule has 0 aliphatic rings. The average molecular weight is 2090 g/mol. The number of aryl methyl sites for hydroxylation is 2. The van der Waals surface area contributed by atoms with Crippen LogP contribution >= 0.6 is 173 Å². The second-order valence-corrected chi connectivity index (χ2v) is 35.1. The number of rotatable bonds is 16. The molecule has 632 valence electrons. The zero-order valence-electron chi connectivity index (χ0n) is 60.7. The van der Waals surface area contributed by atoms with Crippen LogP contribution in [0.5, 0.6) is 0 Å². The van der Waals surface area contributed by atoms with Gasteiger partial charge in [-0.2, -0.15) is 0 Å². The minimum Gasteiger partial charge on any atom is -0.477 e. The predicted octanol–water partition coefficient (Wildman–Crippen LogP) is 29.7. The maximum atomic E-state index is 12.1. The van der Waals surface area contributed by atoms with E-state index in [4.69, 9.17) is 41.1 Å². The molecule has 0 saturated carbocycles. The number of esters is 3. The lowest BCUT2D eigenvalue weighted by molar-refractivity contribution is -0.127. The summed E-state index contributed by atoms with van der Waals surface area (Å²) in [5.41, 5.74) is 5.33. The van der Waals surface area contributed by atoms with E-state index in [0.717, 1.165) is 113 Å². The summed E-state index contributed by atoms with van der Waals surface area (Å²) in [7, 11) is 2.98. The third kappa shape index (κ3) is 36.3. The molecule has 119 heavy (non-hydrogen) atoms. The molecule has 15 rings (SSSR count). The SMILES string of the molecule is C.C.C.C.C.C.CCCCNC.CO.Cc1ccc2sc(C(=O)O)cc2c1.Cc1ccc2sc(C(=O)OCc3ccccc3)cc2c1.O=C(Cl)C(=O)Cl.O=C(Cl)c1cc2cc(Br)ccc2s1.O=C(O)c1cc2cc(Br)ccc2s1.O=C(OCc1ccccc1)c1cc2cc(Br)ccc2s1.O=C(OCc1ccccc1)c1cc2cc(I)ccc2s1. The number of aromatic carboxylic acids is 2. The molecular formula is C91H94Br3Cl3INO14S6. The summed E-state index contributed by atoms with van der Waals surface area (Å²) >= 11 is 35.2. The molecule has 0 bridgehead atoms. The molecule has 0 spiro atoms. The van der Waals surface area contributed by atoms with Crippen molar-refractivity contribution in [1.29, 1.82) is 0 Å². The number of carboxylic acids is 2. The minimum atomic E-state index is -1.14. The Balaban J connectivity index is 0.000000690. The number of carbonyl (C=O) groups excluding carboxylic acids is 6. The lowest BCUT2D eigenvalue weighted by Gasteiger charge is -2.02. The molecule has 0 fully saturated rings. The van der Waals surface area contributed by atoms with Crippen LogP contribution in [0.25, 0.3) is 60.5 Å². The topological polar surface area (TPSA) is 237 Å². The first-order chi connectivity index (χ1) is 54.2. The molecule has 0 amide bonds. The number of aliphatic hydroxyl groups excluding tert-OH is 1. The molecule has 0 aliphatic heterocycles. The van der Waals surface area contributed by atoms with E-state index in [0.29, 0.717) is 49.1 Å². The Morgan fingerprint density at radius 2 is 0.630 bits per heavy atom. The normalized spacial score (nSPS) is 9.72. The van der Waals surface area contributed by atoms with E-state index in [1.165, 1.54) is 86.4 Å². The van der Waals surface area contributed by atoms with E-state index in [1.807, 2.05) is 221 Å². The second-order valence-electron chi connectivity index (χ2n) is 23.5. The molecule has 28 heteroatoms. The summed E-state index contributed by atoms with van der Waals surface area (Å²) in [5, 5.41) is 31.2. The van der Waals surface area contributed by atoms with Gasteiger partial charge in [-0.05, 0) is 262 Å². The number of hydrogen-bond acceptors (Lipinski definition) is 19. The van der Waals surface area contributed by atoms with E-state index >= 15 is 0 Å². The number of aliphatic hydroxyl groups is 1. The van der Waals surface area contributed by atoms with Crippen LogP contribution in [-0.2, 0) is 43.6 Å². The highest BCUT2D eigenvalue weighted by molar-refractivity contribution is 14.1.